The topological polar surface area (TPSA) is 89.6 Å². The van der Waals surface area contributed by atoms with Gasteiger partial charge in [0.1, 0.15) is 0 Å². The number of morpholine rings is 1. The van der Waals surface area contributed by atoms with Crippen LogP contribution < -0.4 is 11.1 Å². The molecule has 0 radical (unpaired) electrons. The molecule has 1 aliphatic heterocycles. The van der Waals surface area contributed by atoms with Gasteiger partial charge < -0.3 is 20.4 Å². The van der Waals surface area contributed by atoms with Gasteiger partial charge in [-0.2, -0.15) is 0 Å². The van der Waals surface area contributed by atoms with Crippen molar-refractivity contribution in [3.8, 4) is 0 Å². The van der Waals surface area contributed by atoms with Gasteiger partial charge in [0.15, 0.2) is 0 Å². The Labute approximate surface area is 185 Å². The number of thioether (sulfide) groups is 1. The van der Waals surface area contributed by atoms with Crippen molar-refractivity contribution in [2.45, 2.75) is 11.4 Å². The van der Waals surface area contributed by atoms with Crippen LogP contribution in [0.3, 0.4) is 0 Å². The van der Waals surface area contributed by atoms with Crippen molar-refractivity contribution in [1.29, 1.82) is 0 Å². The molecule has 162 valence electrons. The van der Waals surface area contributed by atoms with Crippen LogP contribution >= 0.6 is 11.8 Å². The molecule has 0 atom stereocenters. The number of ether oxygens (including phenoxy) is 1. The number of nitrogens with two attached hydrogens (primary N) is 1. The van der Waals surface area contributed by atoms with Gasteiger partial charge in [-0.05, 0) is 36.4 Å². The van der Waals surface area contributed by atoms with Crippen LogP contribution in [0.4, 0.5) is 5.69 Å². The van der Waals surface area contributed by atoms with E-state index in [2.05, 4.69) is 27.0 Å². The van der Waals surface area contributed by atoms with Gasteiger partial charge in [-0.15, -0.1) is 11.8 Å². The molecule has 1 aliphatic rings. The summed E-state index contributed by atoms with van der Waals surface area (Å²) in [5.41, 5.74) is 7.64. The zero-order valence-electron chi connectivity index (χ0n) is 17.3. The van der Waals surface area contributed by atoms with E-state index in [1.165, 1.54) is 11.8 Å². The Bertz CT molecular complexity index is 1080. The molecule has 0 unspecified atom stereocenters. The molecule has 0 aliphatic carbocycles. The predicted molar refractivity (Wildman–Crippen MR) is 124 cm³/mol. The van der Waals surface area contributed by atoms with Gasteiger partial charge in [0.25, 0.3) is 5.91 Å². The van der Waals surface area contributed by atoms with Crippen molar-refractivity contribution in [2.24, 2.45) is 5.73 Å². The van der Waals surface area contributed by atoms with Crippen LogP contribution in [0.5, 0.6) is 0 Å². The van der Waals surface area contributed by atoms with Crippen LogP contribution in [0, 0.1) is 0 Å². The maximum Gasteiger partial charge on any atom is 0.256 e. The summed E-state index contributed by atoms with van der Waals surface area (Å²) in [6.45, 7) is 5.48. The third-order valence-electron chi connectivity index (χ3n) is 5.29. The summed E-state index contributed by atoms with van der Waals surface area (Å²) in [7, 11) is 0. The first kappa shape index (κ1) is 21.4. The third-order valence-corrected chi connectivity index (χ3v) is 6.39. The average Bonchev–Trinajstić information content (AvgIpc) is 3.19. The zero-order valence-corrected chi connectivity index (χ0v) is 18.1. The number of nitrogens with zero attached hydrogens (tertiary/aromatic N) is 2. The van der Waals surface area contributed by atoms with E-state index in [-0.39, 0.29) is 11.7 Å². The summed E-state index contributed by atoms with van der Waals surface area (Å²) in [4.78, 5) is 27.1. The molecule has 1 fully saturated rings. The van der Waals surface area contributed by atoms with Gasteiger partial charge in [0.2, 0.25) is 5.91 Å². The first-order chi connectivity index (χ1) is 15.1. The molecule has 1 saturated heterocycles. The van der Waals surface area contributed by atoms with E-state index in [4.69, 9.17) is 10.5 Å². The number of benzene rings is 2. The van der Waals surface area contributed by atoms with Crippen molar-refractivity contribution in [3.05, 3.63) is 60.3 Å². The van der Waals surface area contributed by atoms with Gasteiger partial charge in [0.05, 0.1) is 24.5 Å². The highest BCUT2D eigenvalue weighted by atomic mass is 32.2. The van der Waals surface area contributed by atoms with Crippen molar-refractivity contribution in [2.75, 3.05) is 43.9 Å². The van der Waals surface area contributed by atoms with Gasteiger partial charge >= 0.3 is 0 Å². The number of fused-ring (bicyclic) bond motifs is 1. The Morgan fingerprint density at radius 3 is 2.68 bits per heavy atom. The molecule has 0 bridgehead atoms. The fourth-order valence-electron chi connectivity index (χ4n) is 3.67. The smallest absolute Gasteiger partial charge is 0.256 e. The minimum absolute atomic E-state index is 0.133. The molecule has 8 heteroatoms. The predicted octanol–water partition coefficient (Wildman–Crippen LogP) is 2.80. The molecule has 7 nitrogen and oxygen atoms in total. The van der Waals surface area contributed by atoms with Gasteiger partial charge in [-0.25, -0.2) is 0 Å². The third kappa shape index (κ3) is 5.46. The van der Waals surface area contributed by atoms with E-state index in [1.54, 1.807) is 12.1 Å². The number of hydrogen-bond donors (Lipinski definition) is 2. The Morgan fingerprint density at radius 2 is 1.87 bits per heavy atom. The van der Waals surface area contributed by atoms with Crippen molar-refractivity contribution in [3.63, 3.8) is 0 Å². The second kappa shape index (κ2) is 10.00. The molecule has 2 aromatic carbocycles. The second-order valence-electron chi connectivity index (χ2n) is 7.44. The molecule has 1 aromatic heterocycles. The first-order valence-corrected chi connectivity index (χ1v) is 11.3. The summed E-state index contributed by atoms with van der Waals surface area (Å²) in [5, 5.41) is 4.05. The highest BCUT2D eigenvalue weighted by molar-refractivity contribution is 8.00. The summed E-state index contributed by atoms with van der Waals surface area (Å²) in [6.07, 6.45) is 2.09. The fraction of sp³-hybridized carbons (Fsp3) is 0.304. The zero-order chi connectivity index (χ0) is 21.6. The number of amides is 2. The molecule has 2 amide bonds. The van der Waals surface area contributed by atoms with Gasteiger partial charge in [-0.1, -0.05) is 12.1 Å². The molecule has 3 aromatic rings. The monoisotopic (exact) mass is 438 g/mol. The van der Waals surface area contributed by atoms with Gasteiger partial charge in [-0.3, -0.25) is 14.5 Å². The Kier molecular flexibility index (Phi) is 6.91. The van der Waals surface area contributed by atoms with Crippen LogP contribution in [-0.2, 0) is 16.1 Å². The maximum absolute atomic E-state index is 12.8. The molecular formula is C23H26N4O3S. The lowest BCUT2D eigenvalue weighted by atomic mass is 10.2. The van der Waals surface area contributed by atoms with E-state index in [0.717, 1.165) is 60.9 Å². The maximum atomic E-state index is 12.8. The summed E-state index contributed by atoms with van der Waals surface area (Å²) < 4.78 is 7.65. The standard InChI is InChI=1S/C23H26N4O3S/c24-22(28)16-31-21-4-2-1-3-19(21)23(29)25-18-5-6-20-17(15-18)7-8-27(20)10-9-26-11-13-30-14-12-26/h1-8,15H,9-14,16H2,(H2,24,28)(H,25,29). The molecule has 0 saturated carbocycles. The lowest BCUT2D eigenvalue weighted by Crippen LogP contribution is -2.38. The highest BCUT2D eigenvalue weighted by Crippen LogP contribution is 2.25. The SMILES string of the molecule is NC(=O)CSc1ccccc1C(=O)Nc1ccc2c(ccn2CCN2CCOCC2)c1. The lowest BCUT2D eigenvalue weighted by molar-refractivity contribution is -0.115. The molecule has 4 rings (SSSR count). The van der Waals surface area contributed by atoms with Crippen LogP contribution in [0.2, 0.25) is 0 Å². The van der Waals surface area contributed by atoms with E-state index in [1.807, 2.05) is 30.3 Å². The summed E-state index contributed by atoms with van der Waals surface area (Å²) in [6, 6.07) is 15.2. The minimum Gasteiger partial charge on any atom is -0.379 e. The second-order valence-corrected chi connectivity index (χ2v) is 8.46. The number of rotatable bonds is 8. The van der Waals surface area contributed by atoms with Crippen molar-refractivity contribution in [1.82, 2.24) is 9.47 Å². The number of hydrogen-bond acceptors (Lipinski definition) is 5. The number of nitrogens with one attached hydrogen (secondary N) is 1. The van der Waals surface area contributed by atoms with E-state index >= 15 is 0 Å². The van der Waals surface area contributed by atoms with Crippen LogP contribution in [0.15, 0.2) is 59.6 Å². The molecule has 2 heterocycles. The van der Waals surface area contributed by atoms with Crippen LogP contribution in [0.25, 0.3) is 10.9 Å². The number of primary amides is 1. The Morgan fingerprint density at radius 1 is 1.06 bits per heavy atom. The largest absolute Gasteiger partial charge is 0.379 e. The molecule has 31 heavy (non-hydrogen) atoms. The molecule has 3 N–H and O–H groups in total. The molecular weight excluding hydrogens is 412 g/mol. The first-order valence-electron chi connectivity index (χ1n) is 10.3. The lowest BCUT2D eigenvalue weighted by Gasteiger charge is -2.26. The van der Waals surface area contributed by atoms with Crippen molar-refractivity contribution < 1.29 is 14.3 Å². The van der Waals surface area contributed by atoms with E-state index in [9.17, 15) is 9.59 Å². The van der Waals surface area contributed by atoms with E-state index < -0.39 is 5.91 Å². The molecule has 0 spiro atoms. The number of anilines is 1. The number of carbonyl (C=O) groups is 2. The Balaban J connectivity index is 1.43. The number of aromatic nitrogens is 1. The highest BCUT2D eigenvalue weighted by Gasteiger charge is 2.14. The van der Waals surface area contributed by atoms with Crippen LogP contribution in [-0.4, -0.2) is 59.9 Å². The summed E-state index contributed by atoms with van der Waals surface area (Å²) >= 11 is 1.27. The van der Waals surface area contributed by atoms with Crippen molar-refractivity contribution >= 4 is 40.2 Å². The minimum atomic E-state index is -0.413. The van der Waals surface area contributed by atoms with Crippen LogP contribution in [0.1, 0.15) is 10.4 Å². The summed E-state index contributed by atoms with van der Waals surface area (Å²) in [5.74, 6) is -0.490. The average molecular weight is 439 g/mol. The Hall–Kier alpha value is -2.81. The number of carbonyl (C=O) groups excluding carboxylic acids is 2. The quantitative estimate of drug-likeness (QED) is 0.528. The normalized spacial score (nSPS) is 14.6. The van der Waals surface area contributed by atoms with E-state index in [0.29, 0.717) is 5.56 Å². The van der Waals surface area contributed by atoms with Gasteiger partial charge in [0, 0.05) is 53.9 Å². The fourth-order valence-corrected chi connectivity index (χ4v) is 4.46.